The first-order valence-corrected chi connectivity index (χ1v) is 6.93. The van der Waals surface area contributed by atoms with Crippen molar-refractivity contribution in [3.63, 3.8) is 0 Å². The molecule has 0 aliphatic heterocycles. The zero-order chi connectivity index (χ0) is 15.0. The molecule has 0 aromatic heterocycles. The second-order valence-electron chi connectivity index (χ2n) is 4.93. The summed E-state index contributed by atoms with van der Waals surface area (Å²) in [5.41, 5.74) is 0.577. The SMILES string of the molecule is CCOC(=O)C(CCOc1cccc(C=O)c1)C(C)C. The normalized spacial score (nSPS) is 12.0. The highest BCUT2D eigenvalue weighted by Gasteiger charge is 2.23. The van der Waals surface area contributed by atoms with E-state index in [2.05, 4.69) is 0 Å². The summed E-state index contributed by atoms with van der Waals surface area (Å²) >= 11 is 0. The van der Waals surface area contributed by atoms with Crippen LogP contribution in [0.1, 0.15) is 37.6 Å². The summed E-state index contributed by atoms with van der Waals surface area (Å²) in [5, 5.41) is 0. The van der Waals surface area contributed by atoms with Crippen LogP contribution in [0.15, 0.2) is 24.3 Å². The first kappa shape index (κ1) is 16.2. The number of carbonyl (C=O) groups excluding carboxylic acids is 2. The lowest BCUT2D eigenvalue weighted by Gasteiger charge is -2.19. The van der Waals surface area contributed by atoms with Crippen LogP contribution in [0, 0.1) is 11.8 Å². The Morgan fingerprint density at radius 2 is 2.10 bits per heavy atom. The third kappa shape index (κ3) is 5.03. The first-order valence-electron chi connectivity index (χ1n) is 6.93. The van der Waals surface area contributed by atoms with Gasteiger partial charge in [0.2, 0.25) is 0 Å². The van der Waals surface area contributed by atoms with Crippen LogP contribution >= 0.6 is 0 Å². The number of rotatable bonds is 8. The molecule has 1 rings (SSSR count). The third-order valence-electron chi connectivity index (χ3n) is 3.09. The standard InChI is InChI=1S/C16H22O4/c1-4-19-16(18)15(12(2)3)8-9-20-14-7-5-6-13(10-14)11-17/h5-7,10-12,15H,4,8-9H2,1-3H3. The van der Waals surface area contributed by atoms with E-state index < -0.39 is 0 Å². The van der Waals surface area contributed by atoms with Crippen LogP contribution in [0.2, 0.25) is 0 Å². The van der Waals surface area contributed by atoms with Crippen molar-refractivity contribution in [1.29, 1.82) is 0 Å². The zero-order valence-electron chi connectivity index (χ0n) is 12.3. The van der Waals surface area contributed by atoms with Gasteiger partial charge in [0.25, 0.3) is 0 Å². The molecule has 0 bridgehead atoms. The van der Waals surface area contributed by atoms with E-state index in [1.807, 2.05) is 13.8 Å². The number of ether oxygens (including phenoxy) is 2. The minimum absolute atomic E-state index is 0.163. The van der Waals surface area contributed by atoms with Crippen LogP contribution in [-0.4, -0.2) is 25.5 Å². The topological polar surface area (TPSA) is 52.6 Å². The second kappa shape index (κ2) is 8.35. The Kier molecular flexibility index (Phi) is 6.77. The average Bonchev–Trinajstić information content (AvgIpc) is 2.43. The van der Waals surface area contributed by atoms with Gasteiger partial charge in [-0.1, -0.05) is 26.0 Å². The van der Waals surface area contributed by atoms with Gasteiger partial charge in [-0.3, -0.25) is 9.59 Å². The van der Waals surface area contributed by atoms with E-state index in [-0.39, 0.29) is 17.8 Å². The molecular formula is C16H22O4. The molecule has 0 amide bonds. The molecule has 1 aromatic rings. The van der Waals surface area contributed by atoms with Crippen molar-refractivity contribution >= 4 is 12.3 Å². The van der Waals surface area contributed by atoms with Crippen molar-refractivity contribution in [2.45, 2.75) is 27.2 Å². The molecule has 20 heavy (non-hydrogen) atoms. The van der Waals surface area contributed by atoms with E-state index >= 15 is 0 Å². The molecule has 0 fully saturated rings. The molecule has 0 saturated carbocycles. The largest absolute Gasteiger partial charge is 0.494 e. The number of esters is 1. The average molecular weight is 278 g/mol. The first-order chi connectivity index (χ1) is 9.58. The van der Waals surface area contributed by atoms with Crippen molar-refractivity contribution in [1.82, 2.24) is 0 Å². The van der Waals surface area contributed by atoms with Gasteiger partial charge in [-0.25, -0.2) is 0 Å². The fourth-order valence-corrected chi connectivity index (χ4v) is 1.95. The molecule has 1 atom stereocenters. The Balaban J connectivity index is 2.51. The van der Waals surface area contributed by atoms with Crippen molar-refractivity contribution in [3.8, 4) is 5.75 Å². The highest BCUT2D eigenvalue weighted by atomic mass is 16.5. The number of carbonyl (C=O) groups is 2. The van der Waals surface area contributed by atoms with Crippen LogP contribution in [0.5, 0.6) is 5.75 Å². The predicted molar refractivity (Wildman–Crippen MR) is 76.9 cm³/mol. The number of hydrogen-bond donors (Lipinski definition) is 0. The van der Waals surface area contributed by atoms with Gasteiger partial charge in [0.1, 0.15) is 12.0 Å². The minimum atomic E-state index is -0.173. The van der Waals surface area contributed by atoms with Crippen LogP contribution < -0.4 is 4.74 Å². The van der Waals surface area contributed by atoms with Gasteiger partial charge in [-0.15, -0.1) is 0 Å². The molecule has 4 heteroatoms. The fraction of sp³-hybridized carbons (Fsp3) is 0.500. The molecule has 0 radical (unpaired) electrons. The molecule has 0 heterocycles. The Morgan fingerprint density at radius 3 is 2.70 bits per heavy atom. The maximum Gasteiger partial charge on any atom is 0.309 e. The van der Waals surface area contributed by atoms with Crippen LogP contribution in [-0.2, 0) is 9.53 Å². The second-order valence-corrected chi connectivity index (χ2v) is 4.93. The van der Waals surface area contributed by atoms with Crippen molar-refractivity contribution < 1.29 is 19.1 Å². The van der Waals surface area contributed by atoms with Gasteiger partial charge in [0.15, 0.2) is 0 Å². The maximum atomic E-state index is 11.8. The maximum absolute atomic E-state index is 11.8. The number of benzene rings is 1. The predicted octanol–water partition coefficient (Wildman–Crippen LogP) is 3.10. The molecular weight excluding hydrogens is 256 g/mol. The lowest BCUT2D eigenvalue weighted by atomic mass is 9.93. The summed E-state index contributed by atoms with van der Waals surface area (Å²) in [6.07, 6.45) is 1.38. The summed E-state index contributed by atoms with van der Waals surface area (Å²) < 4.78 is 10.7. The van der Waals surface area contributed by atoms with Gasteiger partial charge in [0.05, 0.1) is 19.1 Å². The van der Waals surface area contributed by atoms with Crippen LogP contribution in [0.25, 0.3) is 0 Å². The smallest absolute Gasteiger partial charge is 0.309 e. The Morgan fingerprint density at radius 1 is 1.35 bits per heavy atom. The van der Waals surface area contributed by atoms with Gasteiger partial charge >= 0.3 is 5.97 Å². The zero-order valence-corrected chi connectivity index (χ0v) is 12.3. The molecule has 0 aliphatic rings. The Labute approximate surface area is 120 Å². The molecule has 1 unspecified atom stereocenters. The fourth-order valence-electron chi connectivity index (χ4n) is 1.95. The third-order valence-corrected chi connectivity index (χ3v) is 3.09. The van der Waals surface area contributed by atoms with E-state index in [0.29, 0.717) is 30.9 Å². The van der Waals surface area contributed by atoms with E-state index in [1.54, 1.807) is 31.2 Å². The molecule has 110 valence electrons. The van der Waals surface area contributed by atoms with Gasteiger partial charge < -0.3 is 9.47 Å². The molecule has 0 N–H and O–H groups in total. The van der Waals surface area contributed by atoms with E-state index in [9.17, 15) is 9.59 Å². The molecule has 0 saturated heterocycles. The van der Waals surface area contributed by atoms with Crippen molar-refractivity contribution in [3.05, 3.63) is 29.8 Å². The van der Waals surface area contributed by atoms with Crippen molar-refractivity contribution in [2.75, 3.05) is 13.2 Å². The quantitative estimate of drug-likeness (QED) is 0.541. The monoisotopic (exact) mass is 278 g/mol. The highest BCUT2D eigenvalue weighted by Crippen LogP contribution is 2.19. The lowest BCUT2D eigenvalue weighted by Crippen LogP contribution is -2.24. The van der Waals surface area contributed by atoms with Crippen molar-refractivity contribution in [2.24, 2.45) is 11.8 Å². The number of aldehydes is 1. The van der Waals surface area contributed by atoms with Gasteiger partial charge in [-0.2, -0.15) is 0 Å². The Hall–Kier alpha value is -1.84. The molecule has 1 aromatic carbocycles. The Bertz CT molecular complexity index is 440. The van der Waals surface area contributed by atoms with Crippen LogP contribution in [0.3, 0.4) is 0 Å². The van der Waals surface area contributed by atoms with E-state index in [0.717, 1.165) is 6.29 Å². The minimum Gasteiger partial charge on any atom is -0.494 e. The summed E-state index contributed by atoms with van der Waals surface area (Å²) in [4.78, 5) is 22.5. The molecule has 0 aliphatic carbocycles. The summed E-state index contributed by atoms with van der Waals surface area (Å²) in [6, 6.07) is 6.96. The molecule has 0 spiro atoms. The van der Waals surface area contributed by atoms with E-state index in [1.165, 1.54) is 0 Å². The molecule has 4 nitrogen and oxygen atoms in total. The summed E-state index contributed by atoms with van der Waals surface area (Å²) in [5.74, 6) is 0.511. The van der Waals surface area contributed by atoms with Gasteiger partial charge in [-0.05, 0) is 31.4 Å². The summed E-state index contributed by atoms with van der Waals surface area (Å²) in [6.45, 7) is 6.61. The van der Waals surface area contributed by atoms with E-state index in [4.69, 9.17) is 9.47 Å². The number of hydrogen-bond acceptors (Lipinski definition) is 4. The van der Waals surface area contributed by atoms with Crippen LogP contribution in [0.4, 0.5) is 0 Å². The summed E-state index contributed by atoms with van der Waals surface area (Å²) in [7, 11) is 0. The van der Waals surface area contributed by atoms with Gasteiger partial charge in [0, 0.05) is 5.56 Å². The highest BCUT2D eigenvalue weighted by molar-refractivity contribution is 5.75. The lowest BCUT2D eigenvalue weighted by molar-refractivity contribution is -0.150.